The van der Waals surface area contributed by atoms with Gasteiger partial charge in [0.25, 0.3) is 0 Å². The third-order valence-corrected chi connectivity index (χ3v) is 2.67. The normalized spacial score (nSPS) is 9.93. The molecule has 0 saturated heterocycles. The van der Waals surface area contributed by atoms with Gasteiger partial charge in [0, 0.05) is 23.6 Å². The maximum Gasteiger partial charge on any atom is 0.227 e. The molecule has 2 nitrogen and oxygen atoms in total. The maximum atomic E-state index is 11.5. The van der Waals surface area contributed by atoms with Crippen molar-refractivity contribution in [1.29, 1.82) is 0 Å². The molecule has 0 aliphatic carbocycles. The molecule has 0 heterocycles. The Bertz CT molecular complexity index is 312. The predicted octanol–water partition coefficient (Wildman–Crippen LogP) is 2.73. The second-order valence-electron chi connectivity index (χ2n) is 2.90. The van der Waals surface area contributed by atoms with Crippen LogP contribution in [-0.4, -0.2) is 18.7 Å². The number of amides is 1. The fourth-order valence-electron chi connectivity index (χ4n) is 1.07. The first-order valence-corrected chi connectivity index (χ1v) is 5.70. The van der Waals surface area contributed by atoms with Crippen molar-refractivity contribution >= 4 is 40.2 Å². The number of carbonyl (C=O) groups is 1. The molecule has 0 spiro atoms. The van der Waals surface area contributed by atoms with Gasteiger partial charge in [-0.05, 0) is 30.0 Å². The van der Waals surface area contributed by atoms with Crippen molar-refractivity contribution in [3.05, 3.63) is 28.7 Å². The van der Waals surface area contributed by atoms with E-state index in [2.05, 4.69) is 28.6 Å². The van der Waals surface area contributed by atoms with E-state index >= 15 is 0 Å². The zero-order valence-electron chi connectivity index (χ0n) is 7.90. The average molecular weight is 274 g/mol. The van der Waals surface area contributed by atoms with Gasteiger partial charge in [0.05, 0.1) is 0 Å². The van der Waals surface area contributed by atoms with Crippen molar-refractivity contribution in [2.75, 3.05) is 17.7 Å². The Morgan fingerprint density at radius 2 is 2.00 bits per heavy atom. The van der Waals surface area contributed by atoms with Gasteiger partial charge in [-0.15, -0.1) is 0 Å². The first-order chi connectivity index (χ1) is 6.65. The third kappa shape index (κ3) is 3.03. The first-order valence-electron chi connectivity index (χ1n) is 4.28. The van der Waals surface area contributed by atoms with E-state index in [-0.39, 0.29) is 5.91 Å². The monoisotopic (exact) mass is 273 g/mol. The predicted molar refractivity (Wildman–Crippen MR) is 66.0 cm³/mol. The lowest BCUT2D eigenvalue weighted by molar-refractivity contribution is -0.117. The van der Waals surface area contributed by atoms with E-state index < -0.39 is 0 Å². The van der Waals surface area contributed by atoms with Crippen LogP contribution in [-0.2, 0) is 4.79 Å². The number of hydrogen-bond acceptors (Lipinski definition) is 2. The Morgan fingerprint density at radius 1 is 1.43 bits per heavy atom. The molecule has 1 aromatic carbocycles. The summed E-state index contributed by atoms with van der Waals surface area (Å²) in [5, 5.41) is 0. The summed E-state index contributed by atoms with van der Waals surface area (Å²) in [7, 11) is 1.77. The Kier molecular flexibility index (Phi) is 4.48. The molecule has 0 aliphatic rings. The van der Waals surface area contributed by atoms with Gasteiger partial charge in [-0.2, -0.15) is 12.6 Å². The van der Waals surface area contributed by atoms with Crippen LogP contribution >= 0.6 is 28.6 Å². The molecule has 0 aromatic heterocycles. The molecule has 0 fully saturated rings. The molecule has 0 aliphatic heterocycles. The average Bonchev–Trinajstić information content (AvgIpc) is 2.18. The molecule has 0 atom stereocenters. The van der Waals surface area contributed by atoms with Crippen LogP contribution in [0.2, 0.25) is 0 Å². The van der Waals surface area contributed by atoms with Gasteiger partial charge in [-0.25, -0.2) is 0 Å². The Morgan fingerprint density at radius 3 is 2.50 bits per heavy atom. The highest BCUT2D eigenvalue weighted by atomic mass is 79.9. The summed E-state index contributed by atoms with van der Waals surface area (Å²) < 4.78 is 1.01. The highest BCUT2D eigenvalue weighted by Gasteiger charge is 2.08. The van der Waals surface area contributed by atoms with Crippen molar-refractivity contribution < 1.29 is 4.79 Å². The molecule has 0 bridgehead atoms. The standard InChI is InChI=1S/C10H12BrNOS/c1-12(10(13)6-7-14)9-4-2-8(11)3-5-9/h2-5,14H,6-7H2,1H3. The molecule has 0 N–H and O–H groups in total. The second-order valence-corrected chi connectivity index (χ2v) is 4.27. The van der Waals surface area contributed by atoms with Crippen molar-refractivity contribution in [3.63, 3.8) is 0 Å². The van der Waals surface area contributed by atoms with E-state index in [1.54, 1.807) is 11.9 Å². The van der Waals surface area contributed by atoms with Gasteiger partial charge in [-0.1, -0.05) is 15.9 Å². The summed E-state index contributed by atoms with van der Waals surface area (Å²) in [6.45, 7) is 0. The summed E-state index contributed by atoms with van der Waals surface area (Å²) in [6.07, 6.45) is 0.468. The molecule has 14 heavy (non-hydrogen) atoms. The van der Waals surface area contributed by atoms with Crippen LogP contribution in [0.3, 0.4) is 0 Å². The zero-order valence-corrected chi connectivity index (χ0v) is 10.4. The summed E-state index contributed by atoms with van der Waals surface area (Å²) in [5.74, 6) is 0.669. The topological polar surface area (TPSA) is 20.3 Å². The minimum absolute atomic E-state index is 0.0855. The molecular formula is C10H12BrNOS. The lowest BCUT2D eigenvalue weighted by Crippen LogP contribution is -2.26. The first kappa shape index (κ1) is 11.6. The van der Waals surface area contributed by atoms with Gasteiger partial charge in [-0.3, -0.25) is 4.79 Å². The lowest BCUT2D eigenvalue weighted by Gasteiger charge is -2.16. The number of hydrogen-bond donors (Lipinski definition) is 1. The fraction of sp³-hybridized carbons (Fsp3) is 0.300. The number of carbonyl (C=O) groups excluding carboxylic acids is 1. The Hall–Kier alpha value is -0.480. The molecule has 76 valence electrons. The van der Waals surface area contributed by atoms with Gasteiger partial charge in [0.1, 0.15) is 0 Å². The fourth-order valence-corrected chi connectivity index (χ4v) is 1.53. The minimum atomic E-state index is 0.0855. The van der Waals surface area contributed by atoms with Crippen LogP contribution in [0.4, 0.5) is 5.69 Å². The Labute approximate surface area is 97.8 Å². The number of thiol groups is 1. The third-order valence-electron chi connectivity index (χ3n) is 1.91. The number of halogens is 1. The number of anilines is 1. The number of rotatable bonds is 3. The largest absolute Gasteiger partial charge is 0.315 e. The quantitative estimate of drug-likeness (QED) is 0.840. The summed E-state index contributed by atoms with van der Waals surface area (Å²) in [4.78, 5) is 13.1. The molecule has 1 aromatic rings. The van der Waals surface area contributed by atoms with Crippen LogP contribution < -0.4 is 4.90 Å². The highest BCUT2D eigenvalue weighted by molar-refractivity contribution is 9.10. The molecule has 1 rings (SSSR count). The van der Waals surface area contributed by atoms with Crippen LogP contribution in [0.5, 0.6) is 0 Å². The van der Waals surface area contributed by atoms with Gasteiger partial charge in [0.15, 0.2) is 0 Å². The highest BCUT2D eigenvalue weighted by Crippen LogP contribution is 2.17. The van der Waals surface area contributed by atoms with E-state index in [9.17, 15) is 4.79 Å². The van der Waals surface area contributed by atoms with Gasteiger partial charge >= 0.3 is 0 Å². The van der Waals surface area contributed by atoms with Crippen molar-refractivity contribution in [2.24, 2.45) is 0 Å². The SMILES string of the molecule is CN(C(=O)CCS)c1ccc(Br)cc1. The molecule has 4 heteroatoms. The molecule has 0 unspecified atom stereocenters. The van der Waals surface area contributed by atoms with Crippen molar-refractivity contribution in [3.8, 4) is 0 Å². The van der Waals surface area contributed by atoms with Crippen molar-refractivity contribution in [1.82, 2.24) is 0 Å². The van der Waals surface area contributed by atoms with E-state index in [4.69, 9.17) is 0 Å². The minimum Gasteiger partial charge on any atom is -0.315 e. The van der Waals surface area contributed by atoms with E-state index in [1.807, 2.05) is 24.3 Å². The molecular weight excluding hydrogens is 262 g/mol. The second kappa shape index (κ2) is 5.41. The molecule has 1 amide bonds. The molecule has 0 radical (unpaired) electrons. The number of nitrogens with zero attached hydrogens (tertiary/aromatic N) is 1. The van der Waals surface area contributed by atoms with Gasteiger partial charge in [0.2, 0.25) is 5.91 Å². The van der Waals surface area contributed by atoms with E-state index in [0.29, 0.717) is 12.2 Å². The Balaban J connectivity index is 2.73. The van der Waals surface area contributed by atoms with Crippen molar-refractivity contribution in [2.45, 2.75) is 6.42 Å². The summed E-state index contributed by atoms with van der Waals surface area (Å²) in [6, 6.07) is 7.64. The van der Waals surface area contributed by atoms with Crippen LogP contribution in [0.15, 0.2) is 28.7 Å². The lowest BCUT2D eigenvalue weighted by atomic mass is 10.3. The molecule has 0 saturated carbocycles. The van der Waals surface area contributed by atoms with E-state index in [0.717, 1.165) is 10.2 Å². The van der Waals surface area contributed by atoms with Crippen LogP contribution in [0.25, 0.3) is 0 Å². The maximum absolute atomic E-state index is 11.5. The summed E-state index contributed by atoms with van der Waals surface area (Å²) in [5.41, 5.74) is 0.903. The van der Waals surface area contributed by atoms with Gasteiger partial charge < -0.3 is 4.90 Å². The van der Waals surface area contributed by atoms with E-state index in [1.165, 1.54) is 0 Å². The smallest absolute Gasteiger partial charge is 0.227 e. The number of benzene rings is 1. The zero-order chi connectivity index (χ0) is 10.6. The van der Waals surface area contributed by atoms with Crippen LogP contribution in [0.1, 0.15) is 6.42 Å². The summed E-state index contributed by atoms with van der Waals surface area (Å²) >= 11 is 7.37. The van der Waals surface area contributed by atoms with Crippen LogP contribution in [0, 0.1) is 0 Å².